The van der Waals surface area contributed by atoms with Crippen LogP contribution in [0.5, 0.6) is 0 Å². The van der Waals surface area contributed by atoms with Crippen molar-refractivity contribution in [2.45, 2.75) is 25.4 Å². The standard InChI is InChI=1S/C20H22O5/c21-20-15-23-14-19(25-20)18(24-12-17-9-5-2-6-10-17)13-22-11-16-7-3-1-4-8-16/h1-10,18-19H,11-15H2/t18-,19-/m1/s1. The molecule has 1 aliphatic heterocycles. The largest absolute Gasteiger partial charge is 0.455 e. The van der Waals surface area contributed by atoms with Crippen LogP contribution >= 0.6 is 0 Å². The van der Waals surface area contributed by atoms with Crippen LogP contribution in [0.1, 0.15) is 11.1 Å². The van der Waals surface area contributed by atoms with Crippen molar-refractivity contribution in [3.05, 3.63) is 71.8 Å². The molecule has 2 aromatic carbocycles. The normalized spacial score (nSPS) is 18.6. The third-order valence-corrected chi connectivity index (χ3v) is 3.90. The van der Waals surface area contributed by atoms with E-state index in [0.29, 0.717) is 26.4 Å². The van der Waals surface area contributed by atoms with Gasteiger partial charge >= 0.3 is 5.97 Å². The predicted molar refractivity (Wildman–Crippen MR) is 91.8 cm³/mol. The highest BCUT2D eigenvalue weighted by atomic mass is 16.6. The first kappa shape index (κ1) is 17.6. The first-order chi connectivity index (χ1) is 12.3. The molecular formula is C20H22O5. The molecule has 0 amide bonds. The topological polar surface area (TPSA) is 54.0 Å². The number of esters is 1. The molecule has 25 heavy (non-hydrogen) atoms. The highest BCUT2D eigenvalue weighted by molar-refractivity contribution is 5.71. The van der Waals surface area contributed by atoms with Gasteiger partial charge in [0, 0.05) is 0 Å². The number of ether oxygens (including phenoxy) is 4. The number of carbonyl (C=O) groups excluding carboxylic acids is 1. The van der Waals surface area contributed by atoms with Crippen LogP contribution in [0, 0.1) is 0 Å². The number of benzene rings is 2. The van der Waals surface area contributed by atoms with E-state index in [1.165, 1.54) is 0 Å². The van der Waals surface area contributed by atoms with E-state index >= 15 is 0 Å². The zero-order chi connectivity index (χ0) is 17.3. The molecule has 5 nitrogen and oxygen atoms in total. The molecule has 0 N–H and O–H groups in total. The molecule has 3 rings (SSSR count). The summed E-state index contributed by atoms with van der Waals surface area (Å²) in [6.45, 7) is 1.54. The lowest BCUT2D eigenvalue weighted by atomic mass is 10.2. The average molecular weight is 342 g/mol. The maximum absolute atomic E-state index is 11.5. The van der Waals surface area contributed by atoms with Crippen LogP contribution in [0.2, 0.25) is 0 Å². The second-order valence-electron chi connectivity index (χ2n) is 5.88. The highest BCUT2D eigenvalue weighted by Gasteiger charge is 2.30. The lowest BCUT2D eigenvalue weighted by Crippen LogP contribution is -2.44. The van der Waals surface area contributed by atoms with E-state index in [2.05, 4.69) is 0 Å². The van der Waals surface area contributed by atoms with Gasteiger partial charge in [0.2, 0.25) is 0 Å². The van der Waals surface area contributed by atoms with Gasteiger partial charge in [0.25, 0.3) is 0 Å². The van der Waals surface area contributed by atoms with E-state index in [4.69, 9.17) is 18.9 Å². The SMILES string of the molecule is O=C1COC[C@H]([C@@H](COCc2ccccc2)OCc2ccccc2)O1. The second-order valence-corrected chi connectivity index (χ2v) is 5.88. The molecule has 1 saturated heterocycles. The Bertz CT molecular complexity index is 644. The van der Waals surface area contributed by atoms with Crippen molar-refractivity contribution >= 4 is 5.97 Å². The van der Waals surface area contributed by atoms with Crippen LogP contribution < -0.4 is 0 Å². The molecule has 0 unspecified atom stereocenters. The summed E-state index contributed by atoms with van der Waals surface area (Å²) < 4.78 is 22.4. The Balaban J connectivity index is 1.56. The molecule has 0 aliphatic carbocycles. The Labute approximate surface area is 147 Å². The van der Waals surface area contributed by atoms with Crippen molar-refractivity contribution in [1.29, 1.82) is 0 Å². The van der Waals surface area contributed by atoms with Crippen molar-refractivity contribution in [3.63, 3.8) is 0 Å². The fourth-order valence-corrected chi connectivity index (χ4v) is 2.59. The molecule has 2 aromatic rings. The Morgan fingerprint density at radius 3 is 2.24 bits per heavy atom. The molecule has 1 heterocycles. The predicted octanol–water partition coefficient (Wildman–Crippen LogP) is 2.73. The minimum Gasteiger partial charge on any atom is -0.455 e. The summed E-state index contributed by atoms with van der Waals surface area (Å²) in [5.41, 5.74) is 2.14. The zero-order valence-corrected chi connectivity index (χ0v) is 14.0. The van der Waals surface area contributed by atoms with Gasteiger partial charge in [0.1, 0.15) is 12.7 Å². The van der Waals surface area contributed by atoms with Gasteiger partial charge in [-0.1, -0.05) is 60.7 Å². The van der Waals surface area contributed by atoms with Crippen molar-refractivity contribution in [1.82, 2.24) is 0 Å². The molecule has 2 atom stereocenters. The van der Waals surface area contributed by atoms with Gasteiger partial charge in [0.15, 0.2) is 6.10 Å². The molecule has 0 radical (unpaired) electrons. The van der Waals surface area contributed by atoms with E-state index < -0.39 is 6.10 Å². The molecule has 1 fully saturated rings. The fraction of sp³-hybridized carbons (Fsp3) is 0.350. The molecule has 5 heteroatoms. The first-order valence-corrected chi connectivity index (χ1v) is 8.35. The van der Waals surface area contributed by atoms with Gasteiger partial charge in [-0.2, -0.15) is 0 Å². The van der Waals surface area contributed by atoms with Gasteiger partial charge < -0.3 is 18.9 Å². The zero-order valence-electron chi connectivity index (χ0n) is 14.0. The number of rotatable bonds is 8. The van der Waals surface area contributed by atoms with Gasteiger partial charge in [0.05, 0.1) is 26.4 Å². The number of carbonyl (C=O) groups is 1. The monoisotopic (exact) mass is 342 g/mol. The first-order valence-electron chi connectivity index (χ1n) is 8.35. The minimum absolute atomic E-state index is 0.00716. The van der Waals surface area contributed by atoms with E-state index in [1.807, 2.05) is 60.7 Å². The molecule has 0 spiro atoms. The van der Waals surface area contributed by atoms with Crippen LogP contribution in [0.25, 0.3) is 0 Å². The van der Waals surface area contributed by atoms with Crippen LogP contribution in [0.3, 0.4) is 0 Å². The van der Waals surface area contributed by atoms with E-state index in [-0.39, 0.29) is 18.7 Å². The van der Waals surface area contributed by atoms with Crippen molar-refractivity contribution < 1.29 is 23.7 Å². The van der Waals surface area contributed by atoms with Crippen LogP contribution in [-0.2, 0) is 37.0 Å². The summed E-state index contributed by atoms with van der Waals surface area (Å²) in [4.78, 5) is 11.5. The van der Waals surface area contributed by atoms with Crippen LogP contribution in [0.4, 0.5) is 0 Å². The smallest absolute Gasteiger partial charge is 0.332 e. The van der Waals surface area contributed by atoms with Gasteiger partial charge in [-0.3, -0.25) is 0 Å². The van der Waals surface area contributed by atoms with Gasteiger partial charge in [-0.25, -0.2) is 4.79 Å². The summed E-state index contributed by atoms with van der Waals surface area (Å²) in [5, 5.41) is 0. The molecule has 0 saturated carbocycles. The van der Waals surface area contributed by atoms with Crippen LogP contribution in [0.15, 0.2) is 60.7 Å². The minimum atomic E-state index is -0.458. The molecule has 0 aromatic heterocycles. The Morgan fingerprint density at radius 1 is 0.960 bits per heavy atom. The lowest BCUT2D eigenvalue weighted by molar-refractivity contribution is -0.190. The summed E-state index contributed by atoms with van der Waals surface area (Å²) in [6, 6.07) is 19.8. The quantitative estimate of drug-likeness (QED) is 0.691. The summed E-state index contributed by atoms with van der Waals surface area (Å²) in [7, 11) is 0. The maximum atomic E-state index is 11.5. The third kappa shape index (κ3) is 5.67. The highest BCUT2D eigenvalue weighted by Crippen LogP contribution is 2.14. The van der Waals surface area contributed by atoms with Crippen molar-refractivity contribution in [2.24, 2.45) is 0 Å². The van der Waals surface area contributed by atoms with Gasteiger partial charge in [-0.15, -0.1) is 0 Å². The molecule has 0 bridgehead atoms. The lowest BCUT2D eigenvalue weighted by Gasteiger charge is -2.29. The Kier molecular flexibility index (Phi) is 6.56. The Morgan fingerprint density at radius 2 is 1.60 bits per heavy atom. The van der Waals surface area contributed by atoms with Gasteiger partial charge in [-0.05, 0) is 11.1 Å². The van der Waals surface area contributed by atoms with Crippen LogP contribution in [-0.4, -0.2) is 38.0 Å². The van der Waals surface area contributed by atoms with E-state index in [9.17, 15) is 4.79 Å². The number of hydrogen-bond acceptors (Lipinski definition) is 5. The molecule has 1 aliphatic rings. The molecule has 132 valence electrons. The fourth-order valence-electron chi connectivity index (χ4n) is 2.59. The summed E-state index contributed by atoms with van der Waals surface area (Å²) in [6.07, 6.45) is -0.839. The second kappa shape index (κ2) is 9.32. The summed E-state index contributed by atoms with van der Waals surface area (Å²) >= 11 is 0. The third-order valence-electron chi connectivity index (χ3n) is 3.90. The van der Waals surface area contributed by atoms with E-state index in [1.54, 1.807) is 0 Å². The Hall–Kier alpha value is -2.21. The van der Waals surface area contributed by atoms with Crippen molar-refractivity contribution in [3.8, 4) is 0 Å². The average Bonchev–Trinajstić information content (AvgIpc) is 2.66. The summed E-state index contributed by atoms with van der Waals surface area (Å²) in [5.74, 6) is -0.368. The molecular weight excluding hydrogens is 320 g/mol. The van der Waals surface area contributed by atoms with Crippen molar-refractivity contribution in [2.75, 3.05) is 19.8 Å². The maximum Gasteiger partial charge on any atom is 0.332 e. The number of hydrogen-bond donors (Lipinski definition) is 0. The number of cyclic esters (lactones) is 1. The van der Waals surface area contributed by atoms with E-state index in [0.717, 1.165) is 11.1 Å².